The summed E-state index contributed by atoms with van der Waals surface area (Å²) in [7, 11) is 0. The number of nitrogens with one attached hydrogen (secondary N) is 1. The van der Waals surface area contributed by atoms with E-state index < -0.39 is 11.9 Å². The maximum atomic E-state index is 13.4. The predicted molar refractivity (Wildman–Crippen MR) is 133 cm³/mol. The van der Waals surface area contributed by atoms with E-state index in [4.69, 9.17) is 11.5 Å². The number of hydrogen-bond acceptors (Lipinski definition) is 6. The number of aryl methyl sites for hydroxylation is 1. The van der Waals surface area contributed by atoms with Crippen LogP contribution in [0.5, 0.6) is 0 Å². The van der Waals surface area contributed by atoms with E-state index in [9.17, 15) is 9.59 Å². The van der Waals surface area contributed by atoms with Gasteiger partial charge in [0.05, 0.1) is 29.9 Å². The highest BCUT2D eigenvalue weighted by atomic mass is 16.2. The SMILES string of the molecule is NC(=O)CC(N)C(=O)N(Cc1ccc(CNCc2ccccn2)cc1)C1CCCc2cccnc21. The monoisotopic (exact) mass is 472 g/mol. The molecule has 35 heavy (non-hydrogen) atoms. The smallest absolute Gasteiger partial charge is 0.240 e. The van der Waals surface area contributed by atoms with Crippen LogP contribution in [0.2, 0.25) is 0 Å². The van der Waals surface area contributed by atoms with Gasteiger partial charge in [0.15, 0.2) is 0 Å². The third-order valence-electron chi connectivity index (χ3n) is 6.30. The lowest BCUT2D eigenvalue weighted by Crippen LogP contribution is -2.47. The van der Waals surface area contributed by atoms with Crippen LogP contribution in [0.1, 0.15) is 53.4 Å². The number of pyridine rings is 2. The molecule has 0 radical (unpaired) electrons. The molecule has 2 heterocycles. The predicted octanol–water partition coefficient (Wildman–Crippen LogP) is 2.38. The van der Waals surface area contributed by atoms with Gasteiger partial charge >= 0.3 is 0 Å². The molecule has 182 valence electrons. The lowest BCUT2D eigenvalue weighted by atomic mass is 9.90. The van der Waals surface area contributed by atoms with Gasteiger partial charge in [-0.05, 0) is 54.2 Å². The normalized spacial score (nSPS) is 15.7. The third kappa shape index (κ3) is 6.49. The van der Waals surface area contributed by atoms with Crippen molar-refractivity contribution >= 4 is 11.8 Å². The summed E-state index contributed by atoms with van der Waals surface area (Å²) in [5.74, 6) is -0.871. The van der Waals surface area contributed by atoms with Gasteiger partial charge in [0.1, 0.15) is 0 Å². The Balaban J connectivity index is 1.48. The summed E-state index contributed by atoms with van der Waals surface area (Å²) in [6.45, 7) is 1.78. The standard InChI is InChI=1S/C27H32N6O2/c28-23(15-25(29)34)27(35)33(24-8-3-5-21-6-4-14-32-26(21)24)18-20-11-9-19(10-12-20)16-30-17-22-7-1-2-13-31-22/h1-2,4,6-7,9-14,23-24,30H,3,5,8,15-18,28H2,(H2,29,34). The minimum Gasteiger partial charge on any atom is -0.370 e. The van der Waals surface area contributed by atoms with Crippen LogP contribution in [-0.4, -0.2) is 32.7 Å². The van der Waals surface area contributed by atoms with Crippen molar-refractivity contribution in [3.8, 4) is 0 Å². The molecule has 3 aromatic rings. The molecule has 0 fully saturated rings. The van der Waals surface area contributed by atoms with Gasteiger partial charge in [-0.1, -0.05) is 36.4 Å². The van der Waals surface area contributed by atoms with Crippen molar-refractivity contribution in [1.82, 2.24) is 20.2 Å². The summed E-state index contributed by atoms with van der Waals surface area (Å²) >= 11 is 0. The zero-order chi connectivity index (χ0) is 24.6. The van der Waals surface area contributed by atoms with Gasteiger partial charge in [0, 0.05) is 32.0 Å². The molecule has 4 rings (SSSR count). The average Bonchev–Trinajstić information content (AvgIpc) is 2.88. The Morgan fingerprint density at radius 2 is 1.77 bits per heavy atom. The summed E-state index contributed by atoms with van der Waals surface area (Å²) in [6.07, 6.45) is 6.06. The van der Waals surface area contributed by atoms with Gasteiger partial charge in [0.2, 0.25) is 11.8 Å². The number of benzene rings is 1. The van der Waals surface area contributed by atoms with Gasteiger partial charge < -0.3 is 21.7 Å². The van der Waals surface area contributed by atoms with Crippen LogP contribution >= 0.6 is 0 Å². The fraction of sp³-hybridized carbons (Fsp3) is 0.333. The number of hydrogen-bond donors (Lipinski definition) is 3. The molecule has 1 aromatic carbocycles. The summed E-state index contributed by atoms with van der Waals surface area (Å²) < 4.78 is 0. The first-order chi connectivity index (χ1) is 17.0. The number of nitrogens with two attached hydrogens (primary N) is 2. The van der Waals surface area contributed by atoms with Crippen molar-refractivity contribution < 1.29 is 9.59 Å². The van der Waals surface area contributed by atoms with Gasteiger partial charge in [0.25, 0.3) is 0 Å². The van der Waals surface area contributed by atoms with Crippen LogP contribution in [0, 0.1) is 0 Å². The van der Waals surface area contributed by atoms with E-state index in [-0.39, 0.29) is 18.4 Å². The zero-order valence-electron chi connectivity index (χ0n) is 19.8. The van der Waals surface area contributed by atoms with E-state index in [0.717, 1.165) is 47.3 Å². The Hall–Kier alpha value is -3.62. The molecule has 0 saturated carbocycles. The summed E-state index contributed by atoms with van der Waals surface area (Å²) in [4.78, 5) is 35.5. The molecule has 8 nitrogen and oxygen atoms in total. The molecule has 2 atom stereocenters. The second-order valence-electron chi connectivity index (χ2n) is 8.94. The summed E-state index contributed by atoms with van der Waals surface area (Å²) in [5.41, 5.74) is 16.6. The quantitative estimate of drug-likeness (QED) is 0.416. The van der Waals surface area contributed by atoms with Gasteiger partial charge in [-0.15, -0.1) is 0 Å². The zero-order valence-corrected chi connectivity index (χ0v) is 19.8. The topological polar surface area (TPSA) is 127 Å². The van der Waals surface area contributed by atoms with E-state index in [0.29, 0.717) is 19.6 Å². The van der Waals surface area contributed by atoms with E-state index in [1.54, 1.807) is 17.3 Å². The Morgan fingerprint density at radius 3 is 2.51 bits per heavy atom. The summed E-state index contributed by atoms with van der Waals surface area (Å²) in [5, 5.41) is 3.40. The molecule has 0 spiro atoms. The highest BCUT2D eigenvalue weighted by molar-refractivity contribution is 5.87. The lowest BCUT2D eigenvalue weighted by Gasteiger charge is -2.36. The number of primary amides is 1. The van der Waals surface area contributed by atoms with Gasteiger partial charge in [-0.3, -0.25) is 19.6 Å². The number of carbonyl (C=O) groups is 2. The second kappa shape index (κ2) is 11.7. The van der Waals surface area contributed by atoms with Crippen LogP contribution in [0.4, 0.5) is 0 Å². The highest BCUT2D eigenvalue weighted by Gasteiger charge is 2.33. The minimum absolute atomic E-state index is 0.183. The molecular weight excluding hydrogens is 440 g/mol. The molecular formula is C27H32N6O2. The number of aromatic nitrogens is 2. The van der Waals surface area contributed by atoms with E-state index in [1.165, 1.54) is 0 Å². The van der Waals surface area contributed by atoms with Crippen molar-refractivity contribution in [2.24, 2.45) is 11.5 Å². The number of carbonyl (C=O) groups excluding carboxylic acids is 2. The number of fused-ring (bicyclic) bond motifs is 1. The van der Waals surface area contributed by atoms with Crippen LogP contribution in [0.3, 0.4) is 0 Å². The van der Waals surface area contributed by atoms with Crippen molar-refractivity contribution in [3.63, 3.8) is 0 Å². The van der Waals surface area contributed by atoms with Crippen molar-refractivity contribution in [3.05, 3.63) is 95.1 Å². The third-order valence-corrected chi connectivity index (χ3v) is 6.30. The molecule has 1 aliphatic rings. The van der Waals surface area contributed by atoms with Crippen LogP contribution in [0.15, 0.2) is 67.0 Å². The Morgan fingerprint density at radius 1 is 1.00 bits per heavy atom. The number of amides is 2. The maximum Gasteiger partial charge on any atom is 0.240 e. The highest BCUT2D eigenvalue weighted by Crippen LogP contribution is 2.34. The molecule has 2 amide bonds. The van der Waals surface area contributed by atoms with E-state index in [2.05, 4.69) is 33.5 Å². The molecule has 2 aromatic heterocycles. The van der Waals surface area contributed by atoms with Crippen LogP contribution < -0.4 is 16.8 Å². The maximum absolute atomic E-state index is 13.4. The Bertz CT molecular complexity index is 1140. The molecule has 2 unspecified atom stereocenters. The summed E-state index contributed by atoms with van der Waals surface area (Å²) in [6, 6.07) is 16.9. The van der Waals surface area contributed by atoms with Crippen molar-refractivity contribution in [2.45, 2.75) is 57.4 Å². The Labute approximate surface area is 205 Å². The molecule has 5 N–H and O–H groups in total. The number of nitrogens with zero attached hydrogens (tertiary/aromatic N) is 3. The minimum atomic E-state index is -0.975. The molecule has 0 bridgehead atoms. The molecule has 1 aliphatic carbocycles. The number of rotatable bonds is 10. The fourth-order valence-corrected chi connectivity index (χ4v) is 4.54. The lowest BCUT2D eigenvalue weighted by molar-refractivity contribution is -0.138. The first-order valence-electron chi connectivity index (χ1n) is 12.0. The van der Waals surface area contributed by atoms with Crippen LogP contribution in [0.25, 0.3) is 0 Å². The second-order valence-corrected chi connectivity index (χ2v) is 8.94. The molecule has 8 heteroatoms. The van der Waals surface area contributed by atoms with Crippen molar-refractivity contribution in [2.75, 3.05) is 0 Å². The largest absolute Gasteiger partial charge is 0.370 e. The molecule has 0 aliphatic heterocycles. The first-order valence-corrected chi connectivity index (χ1v) is 12.0. The fourth-order valence-electron chi connectivity index (χ4n) is 4.54. The van der Waals surface area contributed by atoms with Gasteiger partial charge in [-0.2, -0.15) is 0 Å². The van der Waals surface area contributed by atoms with Crippen molar-refractivity contribution in [1.29, 1.82) is 0 Å². The Kier molecular flexibility index (Phi) is 8.18. The van der Waals surface area contributed by atoms with E-state index in [1.807, 2.05) is 36.4 Å². The molecule has 0 saturated heterocycles. The van der Waals surface area contributed by atoms with Gasteiger partial charge in [-0.25, -0.2) is 0 Å². The van der Waals surface area contributed by atoms with E-state index >= 15 is 0 Å². The first kappa shape index (κ1) is 24.5. The van der Waals surface area contributed by atoms with Crippen LogP contribution in [-0.2, 0) is 35.6 Å². The average molecular weight is 473 g/mol.